The van der Waals surface area contributed by atoms with Gasteiger partial charge in [0.15, 0.2) is 0 Å². The summed E-state index contributed by atoms with van der Waals surface area (Å²) in [5, 5.41) is 0. The highest BCUT2D eigenvalue weighted by atomic mass is 16.5. The maximum absolute atomic E-state index is 6.12. The molecule has 108 valence electrons. The monoisotopic (exact) mass is 263 g/mol. The van der Waals surface area contributed by atoms with Crippen molar-refractivity contribution in [3.63, 3.8) is 0 Å². The molecule has 0 amide bonds. The van der Waals surface area contributed by atoms with Crippen LogP contribution in [0.1, 0.15) is 52.4 Å². The summed E-state index contributed by atoms with van der Waals surface area (Å²) in [4.78, 5) is 2.11. The molecule has 0 radical (unpaired) electrons. The average molecular weight is 263 g/mol. The van der Waals surface area contributed by atoms with E-state index < -0.39 is 0 Å². The Balaban J connectivity index is 2.52. The molecule has 1 aromatic rings. The van der Waals surface area contributed by atoms with E-state index in [1.807, 2.05) is 0 Å². The van der Waals surface area contributed by atoms with Crippen molar-refractivity contribution in [1.82, 2.24) is 0 Å². The predicted molar refractivity (Wildman–Crippen MR) is 84.2 cm³/mol. The second kappa shape index (κ2) is 8.84. The van der Waals surface area contributed by atoms with Crippen molar-refractivity contribution in [2.45, 2.75) is 58.5 Å². The highest BCUT2D eigenvalue weighted by molar-refractivity contribution is 5.47. The first-order valence-electron chi connectivity index (χ1n) is 7.61. The molecule has 1 atom stereocenters. The molecular weight excluding hydrogens is 234 g/mol. The molecular formula is C17H29NO. The molecule has 0 aromatic heterocycles. The molecule has 2 nitrogen and oxygen atoms in total. The minimum absolute atomic E-state index is 0.377. The summed E-state index contributed by atoms with van der Waals surface area (Å²) < 4.78 is 6.12. The standard InChI is InChI=1S/C17H29NO/c1-5-7-8-10-16(9-6-2)19-17-13-11-15(12-14-17)18(3)4/h11-14,16H,5-10H2,1-4H3. The van der Waals surface area contributed by atoms with Crippen molar-refractivity contribution in [2.75, 3.05) is 19.0 Å². The topological polar surface area (TPSA) is 12.5 Å². The largest absolute Gasteiger partial charge is 0.490 e. The lowest BCUT2D eigenvalue weighted by Crippen LogP contribution is -2.16. The average Bonchev–Trinajstić information content (AvgIpc) is 2.40. The Kier molecular flexibility index (Phi) is 7.39. The normalized spacial score (nSPS) is 12.2. The number of hydrogen-bond acceptors (Lipinski definition) is 2. The van der Waals surface area contributed by atoms with Gasteiger partial charge in [-0.3, -0.25) is 0 Å². The van der Waals surface area contributed by atoms with Gasteiger partial charge in [0.05, 0.1) is 6.10 Å². The summed E-state index contributed by atoms with van der Waals surface area (Å²) in [7, 11) is 4.11. The van der Waals surface area contributed by atoms with E-state index in [2.05, 4.69) is 57.1 Å². The molecule has 19 heavy (non-hydrogen) atoms. The maximum Gasteiger partial charge on any atom is 0.119 e. The fourth-order valence-electron chi connectivity index (χ4n) is 2.22. The summed E-state index contributed by atoms with van der Waals surface area (Å²) in [6, 6.07) is 8.39. The van der Waals surface area contributed by atoms with Gasteiger partial charge in [0, 0.05) is 19.8 Å². The van der Waals surface area contributed by atoms with Gasteiger partial charge in [-0.05, 0) is 43.5 Å². The maximum atomic E-state index is 6.12. The molecule has 0 fully saturated rings. The highest BCUT2D eigenvalue weighted by Crippen LogP contribution is 2.21. The van der Waals surface area contributed by atoms with E-state index in [0.29, 0.717) is 6.10 Å². The second-order valence-electron chi connectivity index (χ2n) is 5.41. The van der Waals surface area contributed by atoms with E-state index in [1.165, 1.54) is 37.8 Å². The molecule has 0 saturated carbocycles. The zero-order valence-corrected chi connectivity index (χ0v) is 13.0. The Bertz CT molecular complexity index is 332. The summed E-state index contributed by atoms with van der Waals surface area (Å²) in [5.74, 6) is 1.00. The zero-order chi connectivity index (χ0) is 14.1. The van der Waals surface area contributed by atoms with E-state index in [1.54, 1.807) is 0 Å². The zero-order valence-electron chi connectivity index (χ0n) is 13.0. The summed E-state index contributed by atoms with van der Waals surface area (Å²) in [5.41, 5.74) is 1.21. The van der Waals surface area contributed by atoms with E-state index in [0.717, 1.165) is 12.2 Å². The number of ether oxygens (including phenoxy) is 1. The lowest BCUT2D eigenvalue weighted by atomic mass is 10.1. The van der Waals surface area contributed by atoms with Crippen molar-refractivity contribution in [2.24, 2.45) is 0 Å². The molecule has 0 bridgehead atoms. The van der Waals surface area contributed by atoms with Gasteiger partial charge >= 0.3 is 0 Å². The smallest absolute Gasteiger partial charge is 0.119 e. The van der Waals surface area contributed by atoms with Crippen LogP contribution in [-0.4, -0.2) is 20.2 Å². The van der Waals surface area contributed by atoms with Crippen LogP contribution in [-0.2, 0) is 0 Å². The molecule has 0 aliphatic rings. The molecule has 0 spiro atoms. The Labute approximate surface area is 118 Å². The third-order valence-corrected chi connectivity index (χ3v) is 3.40. The molecule has 0 aliphatic heterocycles. The quantitative estimate of drug-likeness (QED) is 0.589. The van der Waals surface area contributed by atoms with Gasteiger partial charge in [-0.1, -0.05) is 33.1 Å². The van der Waals surface area contributed by atoms with Crippen LogP contribution in [0.2, 0.25) is 0 Å². The molecule has 0 N–H and O–H groups in total. The number of rotatable bonds is 9. The summed E-state index contributed by atoms with van der Waals surface area (Å²) in [6.07, 6.45) is 7.75. The first-order valence-corrected chi connectivity index (χ1v) is 7.61. The van der Waals surface area contributed by atoms with Gasteiger partial charge in [-0.15, -0.1) is 0 Å². The first kappa shape index (κ1) is 15.9. The predicted octanol–water partition coefficient (Wildman–Crippen LogP) is 4.88. The number of anilines is 1. The molecule has 0 heterocycles. The van der Waals surface area contributed by atoms with Crippen LogP contribution in [0.4, 0.5) is 5.69 Å². The van der Waals surface area contributed by atoms with Crippen molar-refractivity contribution in [3.05, 3.63) is 24.3 Å². The summed E-state index contributed by atoms with van der Waals surface area (Å²) in [6.45, 7) is 4.47. The van der Waals surface area contributed by atoms with Crippen LogP contribution < -0.4 is 9.64 Å². The fourth-order valence-corrected chi connectivity index (χ4v) is 2.22. The van der Waals surface area contributed by atoms with Crippen molar-refractivity contribution in [1.29, 1.82) is 0 Å². The molecule has 1 aromatic carbocycles. The van der Waals surface area contributed by atoms with Crippen LogP contribution in [0.15, 0.2) is 24.3 Å². The first-order chi connectivity index (χ1) is 9.17. The third-order valence-electron chi connectivity index (χ3n) is 3.40. The van der Waals surface area contributed by atoms with Crippen LogP contribution in [0.3, 0.4) is 0 Å². The SMILES string of the molecule is CCCCCC(CCC)Oc1ccc(N(C)C)cc1. The van der Waals surface area contributed by atoms with Gasteiger partial charge in [-0.25, -0.2) is 0 Å². The lowest BCUT2D eigenvalue weighted by molar-refractivity contribution is 0.176. The van der Waals surface area contributed by atoms with Gasteiger partial charge in [0.2, 0.25) is 0 Å². The Morgan fingerprint density at radius 2 is 1.63 bits per heavy atom. The molecule has 1 unspecified atom stereocenters. The minimum atomic E-state index is 0.377. The number of benzene rings is 1. The third kappa shape index (κ3) is 6.00. The Hall–Kier alpha value is -1.18. The lowest BCUT2D eigenvalue weighted by Gasteiger charge is -2.19. The highest BCUT2D eigenvalue weighted by Gasteiger charge is 2.09. The fraction of sp³-hybridized carbons (Fsp3) is 0.647. The van der Waals surface area contributed by atoms with Gasteiger partial charge in [0.1, 0.15) is 5.75 Å². The van der Waals surface area contributed by atoms with Gasteiger partial charge in [0.25, 0.3) is 0 Å². The van der Waals surface area contributed by atoms with E-state index in [-0.39, 0.29) is 0 Å². The van der Waals surface area contributed by atoms with Crippen LogP contribution >= 0.6 is 0 Å². The Morgan fingerprint density at radius 1 is 0.947 bits per heavy atom. The molecule has 1 rings (SSSR count). The molecule has 0 aliphatic carbocycles. The van der Waals surface area contributed by atoms with Crippen LogP contribution in [0.5, 0.6) is 5.75 Å². The number of hydrogen-bond donors (Lipinski definition) is 0. The van der Waals surface area contributed by atoms with Gasteiger partial charge < -0.3 is 9.64 Å². The van der Waals surface area contributed by atoms with Crippen molar-refractivity contribution in [3.8, 4) is 5.75 Å². The molecule has 0 saturated heterocycles. The number of nitrogens with zero attached hydrogens (tertiary/aromatic N) is 1. The number of unbranched alkanes of at least 4 members (excludes halogenated alkanes) is 2. The molecule has 2 heteroatoms. The van der Waals surface area contributed by atoms with Gasteiger partial charge in [-0.2, -0.15) is 0 Å². The van der Waals surface area contributed by atoms with Crippen molar-refractivity contribution >= 4 is 5.69 Å². The Morgan fingerprint density at radius 3 is 2.16 bits per heavy atom. The van der Waals surface area contributed by atoms with E-state index in [9.17, 15) is 0 Å². The van der Waals surface area contributed by atoms with E-state index >= 15 is 0 Å². The van der Waals surface area contributed by atoms with Crippen LogP contribution in [0.25, 0.3) is 0 Å². The minimum Gasteiger partial charge on any atom is -0.490 e. The second-order valence-corrected chi connectivity index (χ2v) is 5.41. The van der Waals surface area contributed by atoms with Crippen LogP contribution in [0, 0.1) is 0 Å². The summed E-state index contributed by atoms with van der Waals surface area (Å²) >= 11 is 0. The van der Waals surface area contributed by atoms with Crippen molar-refractivity contribution < 1.29 is 4.74 Å². The van der Waals surface area contributed by atoms with E-state index in [4.69, 9.17) is 4.74 Å².